The van der Waals surface area contributed by atoms with Crippen molar-refractivity contribution in [3.8, 4) is 0 Å². The largest absolute Gasteiger partial charge is 0.326 e. The monoisotopic (exact) mass is 334 g/mol. The number of amides is 1. The van der Waals surface area contributed by atoms with E-state index >= 15 is 0 Å². The van der Waals surface area contributed by atoms with E-state index in [0.29, 0.717) is 0 Å². The zero-order chi connectivity index (χ0) is 15.8. The number of hydrogen-bond acceptors (Lipinski definition) is 3. The summed E-state index contributed by atoms with van der Waals surface area (Å²) in [6.45, 7) is 3.26. The van der Waals surface area contributed by atoms with Gasteiger partial charge >= 0.3 is 0 Å². The van der Waals surface area contributed by atoms with E-state index in [9.17, 15) is 4.79 Å². The molecule has 2 aromatic carbocycles. The quantitative estimate of drug-likeness (QED) is 0.589. The van der Waals surface area contributed by atoms with Crippen LogP contribution in [0.15, 0.2) is 53.4 Å². The molecule has 2 aromatic rings. The van der Waals surface area contributed by atoms with Crippen molar-refractivity contribution in [1.82, 2.24) is 5.32 Å². The van der Waals surface area contributed by atoms with Crippen LogP contribution in [0.4, 0.5) is 5.69 Å². The van der Waals surface area contributed by atoms with Gasteiger partial charge in [-0.1, -0.05) is 23.7 Å². The van der Waals surface area contributed by atoms with Crippen LogP contribution in [-0.4, -0.2) is 18.2 Å². The topological polar surface area (TPSA) is 41.1 Å². The van der Waals surface area contributed by atoms with Crippen LogP contribution in [0.1, 0.15) is 12.5 Å². The number of nitrogens with one attached hydrogen (secondary N) is 2. The Morgan fingerprint density at radius 2 is 1.77 bits per heavy atom. The molecule has 0 spiro atoms. The fourth-order valence-electron chi connectivity index (χ4n) is 1.91. The van der Waals surface area contributed by atoms with Gasteiger partial charge in [0.2, 0.25) is 5.91 Å². The zero-order valence-electron chi connectivity index (χ0n) is 12.4. The van der Waals surface area contributed by atoms with E-state index in [1.807, 2.05) is 48.5 Å². The Kier molecular flexibility index (Phi) is 6.77. The molecule has 3 nitrogen and oxygen atoms in total. The van der Waals surface area contributed by atoms with Crippen LogP contribution in [0.25, 0.3) is 0 Å². The molecule has 2 rings (SSSR count). The van der Waals surface area contributed by atoms with Gasteiger partial charge in [-0.25, -0.2) is 0 Å². The third kappa shape index (κ3) is 6.10. The van der Waals surface area contributed by atoms with Crippen molar-refractivity contribution in [2.45, 2.75) is 18.4 Å². The number of thioether (sulfide) groups is 1. The molecule has 22 heavy (non-hydrogen) atoms. The molecule has 0 aromatic heterocycles. The summed E-state index contributed by atoms with van der Waals surface area (Å²) in [4.78, 5) is 12.2. The van der Waals surface area contributed by atoms with Gasteiger partial charge in [0, 0.05) is 41.4 Å². The number of hydrogen-bond donors (Lipinski definition) is 2. The summed E-state index contributed by atoms with van der Waals surface area (Å²) in [6.07, 6.45) is 0. The first-order valence-electron chi connectivity index (χ1n) is 7.09. The van der Waals surface area contributed by atoms with Crippen LogP contribution >= 0.6 is 23.4 Å². The lowest BCUT2D eigenvalue weighted by atomic mass is 10.2. The molecule has 2 N–H and O–H groups in total. The molecule has 0 radical (unpaired) electrons. The van der Waals surface area contributed by atoms with Gasteiger partial charge in [-0.05, 0) is 42.0 Å². The van der Waals surface area contributed by atoms with E-state index in [1.165, 1.54) is 17.4 Å². The van der Waals surface area contributed by atoms with E-state index in [0.717, 1.165) is 29.6 Å². The smallest absolute Gasteiger partial charge is 0.221 e. The average Bonchev–Trinajstić information content (AvgIpc) is 2.50. The van der Waals surface area contributed by atoms with Crippen LogP contribution in [0.3, 0.4) is 0 Å². The van der Waals surface area contributed by atoms with Gasteiger partial charge in [-0.2, -0.15) is 0 Å². The Balaban J connectivity index is 1.66. The molecule has 0 aliphatic heterocycles. The molecule has 0 heterocycles. The first-order chi connectivity index (χ1) is 10.6. The molecule has 0 aliphatic rings. The first kappa shape index (κ1) is 16.9. The number of anilines is 1. The molecule has 0 saturated heterocycles. The highest BCUT2D eigenvalue weighted by molar-refractivity contribution is 7.99. The summed E-state index contributed by atoms with van der Waals surface area (Å²) in [6, 6.07) is 15.8. The molecule has 116 valence electrons. The second kappa shape index (κ2) is 8.83. The maximum Gasteiger partial charge on any atom is 0.221 e. The van der Waals surface area contributed by atoms with E-state index in [-0.39, 0.29) is 5.91 Å². The lowest BCUT2D eigenvalue weighted by Crippen LogP contribution is -2.16. The average molecular weight is 335 g/mol. The van der Waals surface area contributed by atoms with Crippen LogP contribution < -0.4 is 10.6 Å². The Hall–Kier alpha value is -1.49. The van der Waals surface area contributed by atoms with Gasteiger partial charge in [0.1, 0.15) is 0 Å². The molecule has 0 bridgehead atoms. The van der Waals surface area contributed by atoms with E-state index < -0.39 is 0 Å². The van der Waals surface area contributed by atoms with Gasteiger partial charge in [-0.15, -0.1) is 11.8 Å². The Bertz CT molecular complexity index is 599. The van der Waals surface area contributed by atoms with Crippen LogP contribution in [0.5, 0.6) is 0 Å². The van der Waals surface area contributed by atoms with Crippen molar-refractivity contribution >= 4 is 35.0 Å². The van der Waals surface area contributed by atoms with Gasteiger partial charge in [0.25, 0.3) is 0 Å². The fraction of sp³-hybridized carbons (Fsp3) is 0.235. The van der Waals surface area contributed by atoms with E-state index in [1.54, 1.807) is 11.8 Å². The molecule has 0 saturated carbocycles. The second-order valence-corrected chi connectivity index (χ2v) is 6.46. The molecule has 0 aliphatic carbocycles. The lowest BCUT2D eigenvalue weighted by Gasteiger charge is -2.07. The van der Waals surface area contributed by atoms with Crippen LogP contribution in [0.2, 0.25) is 5.02 Å². The Morgan fingerprint density at radius 3 is 2.41 bits per heavy atom. The van der Waals surface area contributed by atoms with Crippen molar-refractivity contribution in [1.29, 1.82) is 0 Å². The molecule has 5 heteroatoms. The minimum atomic E-state index is -0.0508. The number of rotatable bonds is 7. The molecule has 0 unspecified atom stereocenters. The van der Waals surface area contributed by atoms with Gasteiger partial charge < -0.3 is 10.6 Å². The minimum absolute atomic E-state index is 0.0508. The van der Waals surface area contributed by atoms with Gasteiger partial charge in [0.05, 0.1) is 0 Å². The second-order valence-electron chi connectivity index (χ2n) is 4.86. The fourth-order valence-corrected chi connectivity index (χ4v) is 2.85. The minimum Gasteiger partial charge on any atom is -0.326 e. The highest BCUT2D eigenvalue weighted by Gasteiger charge is 1.97. The number of carbonyl (C=O) groups is 1. The summed E-state index contributed by atoms with van der Waals surface area (Å²) >= 11 is 7.66. The Labute approximate surface area is 140 Å². The third-order valence-electron chi connectivity index (χ3n) is 2.96. The summed E-state index contributed by atoms with van der Waals surface area (Å²) in [5, 5.41) is 6.94. The summed E-state index contributed by atoms with van der Waals surface area (Å²) < 4.78 is 0. The highest BCUT2D eigenvalue weighted by atomic mass is 35.5. The lowest BCUT2D eigenvalue weighted by molar-refractivity contribution is -0.114. The summed E-state index contributed by atoms with van der Waals surface area (Å²) in [5.41, 5.74) is 2.03. The van der Waals surface area contributed by atoms with E-state index in [2.05, 4.69) is 10.6 Å². The molecule has 0 atom stereocenters. The summed E-state index contributed by atoms with van der Waals surface area (Å²) in [7, 11) is 0. The third-order valence-corrected chi connectivity index (χ3v) is 4.23. The van der Waals surface area contributed by atoms with Crippen molar-refractivity contribution in [2.75, 3.05) is 17.6 Å². The van der Waals surface area contributed by atoms with Crippen molar-refractivity contribution < 1.29 is 4.79 Å². The number of halogens is 1. The molecular weight excluding hydrogens is 316 g/mol. The molecule has 1 amide bonds. The maximum absolute atomic E-state index is 10.9. The highest BCUT2D eigenvalue weighted by Crippen LogP contribution is 2.19. The van der Waals surface area contributed by atoms with Gasteiger partial charge in [-0.3, -0.25) is 4.79 Å². The van der Waals surface area contributed by atoms with Crippen LogP contribution in [0, 0.1) is 0 Å². The SMILES string of the molecule is CC(=O)Nc1ccc(CNCCSc2ccc(Cl)cc2)cc1. The predicted molar refractivity (Wildman–Crippen MR) is 94.6 cm³/mol. The first-order valence-corrected chi connectivity index (χ1v) is 8.45. The Morgan fingerprint density at radius 1 is 1.09 bits per heavy atom. The number of carbonyl (C=O) groups excluding carboxylic acids is 1. The molecule has 0 fully saturated rings. The summed E-state index contributed by atoms with van der Waals surface area (Å²) in [5.74, 6) is 0.955. The zero-order valence-corrected chi connectivity index (χ0v) is 14.0. The van der Waals surface area contributed by atoms with E-state index in [4.69, 9.17) is 11.6 Å². The van der Waals surface area contributed by atoms with Crippen LogP contribution in [-0.2, 0) is 11.3 Å². The normalized spacial score (nSPS) is 10.5. The van der Waals surface area contributed by atoms with Gasteiger partial charge in [0.15, 0.2) is 0 Å². The predicted octanol–water partition coefficient (Wildman–Crippen LogP) is 4.18. The van der Waals surface area contributed by atoms with Crippen molar-refractivity contribution in [3.05, 3.63) is 59.1 Å². The number of benzene rings is 2. The standard InChI is InChI=1S/C17H19ClN2OS/c1-13(21)20-16-6-2-14(3-7-16)12-19-10-11-22-17-8-4-15(18)5-9-17/h2-9,19H,10-12H2,1H3,(H,20,21). The molecular formula is C17H19ClN2OS. The van der Waals surface area contributed by atoms with Crippen molar-refractivity contribution in [2.24, 2.45) is 0 Å². The maximum atomic E-state index is 10.9. The van der Waals surface area contributed by atoms with Crippen molar-refractivity contribution in [3.63, 3.8) is 0 Å².